The number of amides is 1. The van der Waals surface area contributed by atoms with Gasteiger partial charge >= 0.3 is 0 Å². The quantitative estimate of drug-likeness (QED) is 0.740. The molecule has 0 saturated carbocycles. The summed E-state index contributed by atoms with van der Waals surface area (Å²) in [7, 11) is 4.45. The van der Waals surface area contributed by atoms with E-state index in [4.69, 9.17) is 19.3 Å². The SMILES string of the molecule is COc1cc(C(OC)OC)cc(NC(=O)[C@@H](C)O)n1. The molecule has 1 aromatic rings. The number of aliphatic hydroxyl groups excluding tert-OH is 1. The van der Waals surface area contributed by atoms with E-state index < -0.39 is 18.3 Å². The van der Waals surface area contributed by atoms with Gasteiger partial charge in [-0.1, -0.05) is 0 Å². The molecule has 0 spiro atoms. The van der Waals surface area contributed by atoms with Gasteiger partial charge < -0.3 is 24.6 Å². The van der Waals surface area contributed by atoms with Crippen LogP contribution in [-0.4, -0.2) is 43.4 Å². The third-order valence-corrected chi connectivity index (χ3v) is 2.36. The first-order valence-corrected chi connectivity index (χ1v) is 5.62. The third-order valence-electron chi connectivity index (χ3n) is 2.36. The van der Waals surface area contributed by atoms with Crippen LogP contribution in [0.2, 0.25) is 0 Å². The zero-order chi connectivity index (χ0) is 14.4. The second-order valence-corrected chi connectivity index (χ2v) is 3.80. The maximum absolute atomic E-state index is 11.4. The number of aromatic nitrogens is 1. The van der Waals surface area contributed by atoms with Crippen molar-refractivity contribution in [1.29, 1.82) is 0 Å². The van der Waals surface area contributed by atoms with Gasteiger partial charge in [0.2, 0.25) is 5.88 Å². The average Bonchev–Trinajstić information content (AvgIpc) is 2.39. The Hall–Kier alpha value is -1.70. The van der Waals surface area contributed by atoms with Crippen molar-refractivity contribution in [2.24, 2.45) is 0 Å². The van der Waals surface area contributed by atoms with E-state index in [1.807, 2.05) is 0 Å². The molecule has 0 saturated heterocycles. The van der Waals surface area contributed by atoms with Crippen LogP contribution in [0.4, 0.5) is 5.82 Å². The van der Waals surface area contributed by atoms with Crippen LogP contribution in [0.25, 0.3) is 0 Å². The molecule has 7 heteroatoms. The van der Waals surface area contributed by atoms with Crippen molar-refractivity contribution in [3.63, 3.8) is 0 Å². The molecule has 1 rings (SSSR count). The van der Waals surface area contributed by atoms with E-state index in [9.17, 15) is 4.79 Å². The Labute approximate surface area is 111 Å². The lowest BCUT2D eigenvalue weighted by Crippen LogP contribution is -2.25. The van der Waals surface area contributed by atoms with E-state index in [0.29, 0.717) is 11.4 Å². The van der Waals surface area contributed by atoms with Gasteiger partial charge in [0.05, 0.1) is 7.11 Å². The molecule has 0 aromatic carbocycles. The molecule has 0 bridgehead atoms. The predicted octanol–water partition coefficient (Wildman–Crippen LogP) is 0.701. The summed E-state index contributed by atoms with van der Waals surface area (Å²) in [6.45, 7) is 1.36. The van der Waals surface area contributed by atoms with Gasteiger partial charge in [-0.05, 0) is 13.0 Å². The van der Waals surface area contributed by atoms with Crippen LogP contribution in [0, 0.1) is 0 Å². The molecule has 1 atom stereocenters. The smallest absolute Gasteiger partial charge is 0.254 e. The van der Waals surface area contributed by atoms with Crippen LogP contribution in [0.1, 0.15) is 18.8 Å². The predicted molar refractivity (Wildman–Crippen MR) is 67.9 cm³/mol. The molecule has 2 N–H and O–H groups in total. The van der Waals surface area contributed by atoms with E-state index in [1.54, 1.807) is 12.1 Å². The minimum absolute atomic E-state index is 0.249. The number of aliphatic hydroxyl groups is 1. The number of methoxy groups -OCH3 is 3. The number of pyridine rings is 1. The lowest BCUT2D eigenvalue weighted by Gasteiger charge is -2.16. The Morgan fingerprint density at radius 3 is 2.42 bits per heavy atom. The van der Waals surface area contributed by atoms with Crippen LogP contribution in [-0.2, 0) is 14.3 Å². The van der Waals surface area contributed by atoms with Crippen LogP contribution in [0.3, 0.4) is 0 Å². The lowest BCUT2D eigenvalue weighted by atomic mass is 10.2. The second kappa shape index (κ2) is 7.03. The summed E-state index contributed by atoms with van der Waals surface area (Å²) in [4.78, 5) is 15.5. The molecule has 1 heterocycles. The summed E-state index contributed by atoms with van der Waals surface area (Å²) in [6, 6.07) is 3.22. The van der Waals surface area contributed by atoms with Crippen molar-refractivity contribution >= 4 is 11.7 Å². The van der Waals surface area contributed by atoms with Gasteiger partial charge in [-0.25, -0.2) is 0 Å². The first kappa shape index (κ1) is 15.4. The first-order valence-electron chi connectivity index (χ1n) is 5.62. The van der Waals surface area contributed by atoms with Crippen LogP contribution < -0.4 is 10.1 Å². The van der Waals surface area contributed by atoms with Crippen LogP contribution in [0.15, 0.2) is 12.1 Å². The number of hydrogen-bond donors (Lipinski definition) is 2. The van der Waals surface area contributed by atoms with Crippen LogP contribution >= 0.6 is 0 Å². The number of hydrogen-bond acceptors (Lipinski definition) is 6. The normalized spacial score (nSPS) is 12.3. The molecule has 0 radical (unpaired) electrons. The maximum Gasteiger partial charge on any atom is 0.254 e. The molecule has 0 aliphatic rings. The number of carbonyl (C=O) groups is 1. The van der Waals surface area contributed by atoms with E-state index in [1.165, 1.54) is 28.3 Å². The zero-order valence-corrected chi connectivity index (χ0v) is 11.3. The van der Waals surface area contributed by atoms with Gasteiger partial charge in [-0.2, -0.15) is 4.98 Å². The summed E-state index contributed by atoms with van der Waals surface area (Å²) in [5, 5.41) is 11.6. The molecule has 0 unspecified atom stereocenters. The van der Waals surface area contributed by atoms with Gasteiger partial charge in [-0.3, -0.25) is 4.79 Å². The van der Waals surface area contributed by atoms with Gasteiger partial charge in [0.1, 0.15) is 11.9 Å². The highest BCUT2D eigenvalue weighted by Crippen LogP contribution is 2.24. The third kappa shape index (κ3) is 4.16. The van der Waals surface area contributed by atoms with Crippen molar-refractivity contribution in [2.45, 2.75) is 19.3 Å². The molecule has 1 aromatic heterocycles. The van der Waals surface area contributed by atoms with Crippen molar-refractivity contribution in [3.05, 3.63) is 17.7 Å². The van der Waals surface area contributed by atoms with Crippen molar-refractivity contribution in [3.8, 4) is 5.88 Å². The monoisotopic (exact) mass is 270 g/mol. The molecule has 0 fully saturated rings. The van der Waals surface area contributed by atoms with E-state index in [2.05, 4.69) is 10.3 Å². The highest BCUT2D eigenvalue weighted by atomic mass is 16.7. The highest BCUT2D eigenvalue weighted by molar-refractivity contribution is 5.92. The Balaban J connectivity index is 3.04. The minimum Gasteiger partial charge on any atom is -0.481 e. The average molecular weight is 270 g/mol. The van der Waals surface area contributed by atoms with E-state index in [0.717, 1.165) is 0 Å². The molecule has 1 amide bonds. The van der Waals surface area contributed by atoms with E-state index >= 15 is 0 Å². The lowest BCUT2D eigenvalue weighted by molar-refractivity contribution is -0.123. The van der Waals surface area contributed by atoms with Gasteiger partial charge in [0.15, 0.2) is 6.29 Å². The minimum atomic E-state index is -1.13. The fourth-order valence-corrected chi connectivity index (χ4v) is 1.43. The number of ether oxygens (including phenoxy) is 3. The van der Waals surface area contributed by atoms with Gasteiger partial charge in [0, 0.05) is 25.8 Å². The molecule has 106 valence electrons. The molecule has 7 nitrogen and oxygen atoms in total. The van der Waals surface area contributed by atoms with Gasteiger partial charge in [0.25, 0.3) is 5.91 Å². The first-order chi connectivity index (χ1) is 9.01. The summed E-state index contributed by atoms with van der Waals surface area (Å²) in [5.74, 6) is -0.00469. The summed E-state index contributed by atoms with van der Waals surface area (Å²) in [6.07, 6.45) is -1.73. The molecule has 0 aliphatic carbocycles. The number of rotatable bonds is 6. The maximum atomic E-state index is 11.4. The highest BCUT2D eigenvalue weighted by Gasteiger charge is 2.15. The van der Waals surface area contributed by atoms with Gasteiger partial charge in [-0.15, -0.1) is 0 Å². The van der Waals surface area contributed by atoms with Crippen molar-refractivity contribution < 1.29 is 24.1 Å². The summed E-state index contributed by atoms with van der Waals surface area (Å²) < 4.78 is 15.3. The van der Waals surface area contributed by atoms with Crippen molar-refractivity contribution in [1.82, 2.24) is 4.98 Å². The molecule has 19 heavy (non-hydrogen) atoms. The Morgan fingerprint density at radius 1 is 1.32 bits per heavy atom. The van der Waals surface area contributed by atoms with Crippen molar-refractivity contribution in [2.75, 3.05) is 26.6 Å². The largest absolute Gasteiger partial charge is 0.481 e. The fourth-order valence-electron chi connectivity index (χ4n) is 1.43. The number of carbonyl (C=O) groups excluding carboxylic acids is 1. The zero-order valence-electron chi connectivity index (χ0n) is 11.3. The Kier molecular flexibility index (Phi) is 5.68. The molecular formula is C12H18N2O5. The Morgan fingerprint density at radius 2 is 1.95 bits per heavy atom. The summed E-state index contributed by atoms with van der Waals surface area (Å²) >= 11 is 0. The molecular weight excluding hydrogens is 252 g/mol. The number of nitrogens with one attached hydrogen (secondary N) is 1. The summed E-state index contributed by atoms with van der Waals surface area (Å²) in [5.41, 5.74) is 0.637. The fraction of sp³-hybridized carbons (Fsp3) is 0.500. The second-order valence-electron chi connectivity index (χ2n) is 3.80. The standard InChI is InChI=1S/C12H18N2O5/c1-7(15)11(16)14-9-5-8(12(18-3)19-4)6-10(13-9)17-2/h5-7,12,15H,1-4H3,(H,13,14,16)/t7-/m1/s1. The Bertz CT molecular complexity index is 432. The molecule has 0 aliphatic heterocycles. The number of nitrogens with zero attached hydrogens (tertiary/aromatic N) is 1. The van der Waals surface area contributed by atoms with E-state index in [-0.39, 0.29) is 5.82 Å². The topological polar surface area (TPSA) is 89.9 Å². The number of anilines is 1. The van der Waals surface area contributed by atoms with Crippen LogP contribution in [0.5, 0.6) is 5.88 Å².